The second kappa shape index (κ2) is 23.1. The van der Waals surface area contributed by atoms with E-state index in [1.165, 1.54) is 6.92 Å². The molecule has 0 aromatic carbocycles. The fraction of sp³-hybridized carbons (Fsp3) is 0.643. The molecule has 0 aliphatic rings. The molecule has 0 fully saturated rings. The van der Waals surface area contributed by atoms with Crippen LogP contribution in [0.25, 0.3) is 0 Å². The summed E-state index contributed by atoms with van der Waals surface area (Å²) in [6.07, 6.45) is -0.543. The van der Waals surface area contributed by atoms with E-state index < -0.39 is 96.9 Å². The van der Waals surface area contributed by atoms with E-state index in [-0.39, 0.29) is 44.7 Å². The summed E-state index contributed by atoms with van der Waals surface area (Å²) < 4.78 is 0. The van der Waals surface area contributed by atoms with Crippen molar-refractivity contribution >= 4 is 59.3 Å². The van der Waals surface area contributed by atoms with Crippen LogP contribution in [0.4, 0.5) is 0 Å². The van der Waals surface area contributed by atoms with Gasteiger partial charge in [0.25, 0.3) is 0 Å². The van der Waals surface area contributed by atoms with Crippen molar-refractivity contribution in [2.45, 2.75) is 96.3 Å². The van der Waals surface area contributed by atoms with Crippen molar-refractivity contribution in [1.29, 1.82) is 0 Å². The van der Waals surface area contributed by atoms with Gasteiger partial charge in [0.1, 0.15) is 30.7 Å². The number of rotatable bonds is 24. The third kappa shape index (κ3) is 20.7. The van der Waals surface area contributed by atoms with E-state index >= 15 is 0 Å². The average Bonchev–Trinajstić information content (AvgIpc) is 2.96. The molecule has 0 spiro atoms. The summed E-state index contributed by atoms with van der Waals surface area (Å²) in [5.41, 5.74) is 0. The molecule has 0 unspecified atom stereocenters. The van der Waals surface area contributed by atoms with Gasteiger partial charge in [-0.05, 0) is 38.5 Å². The largest absolute Gasteiger partial charge is 0.481 e. The third-order valence-corrected chi connectivity index (χ3v) is 6.34. The number of aliphatic carboxylic acids is 3. The molecule has 0 aromatic rings. The van der Waals surface area contributed by atoms with Gasteiger partial charge in [-0.3, -0.25) is 47.9 Å². The zero-order chi connectivity index (χ0) is 36.8. The van der Waals surface area contributed by atoms with Gasteiger partial charge < -0.3 is 52.5 Å². The highest BCUT2D eigenvalue weighted by molar-refractivity contribution is 5.95. The maximum atomic E-state index is 13.4. The quantitative estimate of drug-likeness (QED) is 0.0446. The molecule has 0 heterocycles. The standard InChI is InChI=1S/C28H45N7O13/c1-15(36)29-10-6-4-8-18(25(45)31-14-24(43)44)34-27(47)19(35-28(48)21(13-23(41)42)33-17(3)38)9-5-7-11-30-26(46)20(12-22(39)40)32-16(2)37/h18-21H,4-14H2,1-3H3,(H,29,36)(H,30,46)(H,31,45)(H,32,37)(H,33,38)(H,34,47)(H,35,48)(H,39,40)(H,41,42)(H,43,44)/t18-,19-,20-,21-/m0/s1. The molecule has 20 nitrogen and oxygen atoms in total. The lowest BCUT2D eigenvalue weighted by Gasteiger charge is -2.25. The van der Waals surface area contributed by atoms with E-state index in [1.807, 2.05) is 0 Å². The minimum atomic E-state index is -1.56. The average molecular weight is 688 g/mol. The van der Waals surface area contributed by atoms with Crippen LogP contribution in [-0.4, -0.2) is 118 Å². The minimum absolute atomic E-state index is 0.0167. The molecule has 0 aliphatic carbocycles. The van der Waals surface area contributed by atoms with Crippen molar-refractivity contribution in [2.24, 2.45) is 0 Å². The van der Waals surface area contributed by atoms with Crippen molar-refractivity contribution in [1.82, 2.24) is 37.2 Å². The molecular formula is C28H45N7O13. The number of hydrogen-bond acceptors (Lipinski definition) is 10. The van der Waals surface area contributed by atoms with Crippen LogP contribution >= 0.6 is 0 Å². The van der Waals surface area contributed by atoms with E-state index in [0.29, 0.717) is 12.8 Å². The highest BCUT2D eigenvalue weighted by atomic mass is 16.4. The number of carboxylic acids is 3. The van der Waals surface area contributed by atoms with Crippen molar-refractivity contribution < 1.29 is 63.3 Å². The van der Waals surface area contributed by atoms with E-state index in [1.54, 1.807) is 0 Å². The second-order valence-corrected chi connectivity index (χ2v) is 10.7. The van der Waals surface area contributed by atoms with Crippen LogP contribution < -0.4 is 37.2 Å². The first-order chi connectivity index (χ1) is 22.4. The molecule has 7 amide bonds. The maximum absolute atomic E-state index is 13.4. The van der Waals surface area contributed by atoms with E-state index in [2.05, 4.69) is 37.2 Å². The van der Waals surface area contributed by atoms with Gasteiger partial charge in [0.05, 0.1) is 12.8 Å². The van der Waals surface area contributed by atoms with E-state index in [4.69, 9.17) is 10.2 Å². The Balaban J connectivity index is 5.79. The molecule has 0 bridgehead atoms. The summed E-state index contributed by atoms with van der Waals surface area (Å²) in [5.74, 6) is -9.22. The van der Waals surface area contributed by atoms with Gasteiger partial charge in [-0.1, -0.05) is 0 Å². The topological polar surface area (TPSA) is 316 Å². The van der Waals surface area contributed by atoms with Crippen LogP contribution in [0.1, 0.15) is 72.1 Å². The molecule has 0 saturated carbocycles. The number of hydrogen-bond donors (Lipinski definition) is 10. The first-order valence-electron chi connectivity index (χ1n) is 15.0. The van der Waals surface area contributed by atoms with Gasteiger partial charge in [-0.25, -0.2) is 0 Å². The highest BCUT2D eigenvalue weighted by Gasteiger charge is 2.30. The minimum Gasteiger partial charge on any atom is -0.481 e. The zero-order valence-electron chi connectivity index (χ0n) is 27.0. The van der Waals surface area contributed by atoms with Crippen LogP contribution in [0.5, 0.6) is 0 Å². The fourth-order valence-corrected chi connectivity index (χ4v) is 4.17. The number of carbonyl (C=O) groups is 10. The van der Waals surface area contributed by atoms with Gasteiger partial charge in [0.2, 0.25) is 41.4 Å². The molecule has 0 aliphatic heterocycles. The van der Waals surface area contributed by atoms with Crippen LogP contribution in [-0.2, 0) is 47.9 Å². The van der Waals surface area contributed by atoms with Gasteiger partial charge in [-0.15, -0.1) is 0 Å². The smallest absolute Gasteiger partial charge is 0.322 e. The Kier molecular flexibility index (Phi) is 20.5. The number of amides is 7. The van der Waals surface area contributed by atoms with Crippen molar-refractivity contribution in [2.75, 3.05) is 19.6 Å². The summed E-state index contributed by atoms with van der Waals surface area (Å²) in [4.78, 5) is 119. The van der Waals surface area contributed by atoms with E-state index in [9.17, 15) is 53.1 Å². The van der Waals surface area contributed by atoms with Gasteiger partial charge in [0, 0.05) is 33.9 Å². The number of carboxylic acid groups (broad SMARTS) is 3. The van der Waals surface area contributed by atoms with Crippen molar-refractivity contribution in [3.8, 4) is 0 Å². The van der Waals surface area contributed by atoms with Crippen LogP contribution in [0.15, 0.2) is 0 Å². The summed E-state index contributed by atoms with van der Waals surface area (Å²) in [6.45, 7) is 2.99. The SMILES string of the molecule is CC(=O)NCCCC[C@H](NC(=O)[C@H](CCCCNC(=O)[C@H](CC(=O)O)NC(C)=O)NC(=O)[C@H](CC(=O)O)NC(C)=O)C(=O)NCC(=O)O. The van der Waals surface area contributed by atoms with Gasteiger partial charge >= 0.3 is 17.9 Å². The Morgan fingerprint density at radius 1 is 0.438 bits per heavy atom. The number of carbonyl (C=O) groups excluding carboxylic acids is 7. The molecule has 0 aromatic heterocycles. The predicted molar refractivity (Wildman–Crippen MR) is 164 cm³/mol. The molecule has 10 N–H and O–H groups in total. The molecule has 0 radical (unpaired) electrons. The summed E-state index contributed by atoms with van der Waals surface area (Å²) in [6, 6.07) is -5.55. The normalized spacial score (nSPS) is 12.9. The summed E-state index contributed by atoms with van der Waals surface area (Å²) in [7, 11) is 0. The predicted octanol–water partition coefficient (Wildman–Crippen LogP) is -3.29. The van der Waals surface area contributed by atoms with Crippen molar-refractivity contribution in [3.63, 3.8) is 0 Å². The summed E-state index contributed by atoms with van der Waals surface area (Å²) in [5, 5.41) is 43.6. The van der Waals surface area contributed by atoms with Crippen LogP contribution in [0.3, 0.4) is 0 Å². The maximum Gasteiger partial charge on any atom is 0.322 e. The molecule has 270 valence electrons. The lowest BCUT2D eigenvalue weighted by atomic mass is 10.0. The monoisotopic (exact) mass is 687 g/mol. The molecule has 0 rings (SSSR count). The Labute approximate surface area is 275 Å². The van der Waals surface area contributed by atoms with Crippen molar-refractivity contribution in [3.05, 3.63) is 0 Å². The van der Waals surface area contributed by atoms with Crippen LogP contribution in [0.2, 0.25) is 0 Å². The molecule has 20 heteroatoms. The third-order valence-electron chi connectivity index (χ3n) is 6.34. The van der Waals surface area contributed by atoms with Crippen LogP contribution in [0, 0.1) is 0 Å². The number of unbranched alkanes of at least 4 members (excludes halogenated alkanes) is 2. The van der Waals surface area contributed by atoms with Gasteiger partial charge in [0.15, 0.2) is 0 Å². The highest BCUT2D eigenvalue weighted by Crippen LogP contribution is 2.07. The lowest BCUT2D eigenvalue weighted by Crippen LogP contribution is -2.57. The summed E-state index contributed by atoms with van der Waals surface area (Å²) >= 11 is 0. The lowest BCUT2D eigenvalue weighted by molar-refractivity contribution is -0.141. The first kappa shape index (κ1) is 42.7. The Morgan fingerprint density at radius 3 is 1.25 bits per heavy atom. The Hall–Kier alpha value is -5.30. The van der Waals surface area contributed by atoms with Gasteiger partial charge in [-0.2, -0.15) is 0 Å². The number of nitrogens with one attached hydrogen (secondary N) is 7. The van der Waals surface area contributed by atoms with E-state index in [0.717, 1.165) is 13.8 Å². The first-order valence-corrected chi connectivity index (χ1v) is 15.0. The fourth-order valence-electron chi connectivity index (χ4n) is 4.17. The molecular weight excluding hydrogens is 642 g/mol. The Bertz CT molecular complexity index is 1160. The zero-order valence-corrected chi connectivity index (χ0v) is 27.0. The molecule has 0 saturated heterocycles. The Morgan fingerprint density at radius 2 is 0.833 bits per heavy atom. The second-order valence-electron chi connectivity index (χ2n) is 10.7. The molecule has 48 heavy (non-hydrogen) atoms. The molecule has 4 atom stereocenters.